The number of amides is 1. The fourth-order valence-electron chi connectivity index (χ4n) is 4.48. The lowest BCUT2D eigenvalue weighted by Crippen LogP contribution is -2.52. The van der Waals surface area contributed by atoms with E-state index in [1.165, 1.54) is 0 Å². The highest BCUT2D eigenvalue weighted by Crippen LogP contribution is 2.27. The first-order chi connectivity index (χ1) is 14.8. The van der Waals surface area contributed by atoms with Crippen molar-refractivity contribution in [2.75, 3.05) is 37.7 Å². The predicted molar refractivity (Wildman–Crippen MR) is 119 cm³/mol. The van der Waals surface area contributed by atoms with Crippen LogP contribution in [-0.4, -0.2) is 72.8 Å². The van der Waals surface area contributed by atoms with E-state index in [0.29, 0.717) is 31.7 Å². The minimum Gasteiger partial charge on any atom is -0.488 e. The molecule has 2 saturated heterocycles. The van der Waals surface area contributed by atoms with Gasteiger partial charge in [0.2, 0.25) is 0 Å². The van der Waals surface area contributed by atoms with Gasteiger partial charge in [0.1, 0.15) is 12.4 Å². The van der Waals surface area contributed by atoms with E-state index >= 15 is 0 Å². The van der Waals surface area contributed by atoms with Crippen LogP contribution in [0.2, 0.25) is 0 Å². The lowest BCUT2D eigenvalue weighted by Gasteiger charge is -2.37. The molecule has 7 nitrogen and oxygen atoms in total. The quantitative estimate of drug-likeness (QED) is 0.705. The maximum Gasteiger partial charge on any atom is 0.253 e. The Kier molecular flexibility index (Phi) is 6.29. The largest absolute Gasteiger partial charge is 0.488 e. The summed E-state index contributed by atoms with van der Waals surface area (Å²) in [5.41, 5.74) is 3.53. The first-order valence-electron chi connectivity index (χ1n) is 10.7. The molecule has 4 rings (SSSR count). The summed E-state index contributed by atoms with van der Waals surface area (Å²) in [6.45, 7) is 7.02. The van der Waals surface area contributed by atoms with E-state index in [-0.39, 0.29) is 23.5 Å². The summed E-state index contributed by atoms with van der Waals surface area (Å²) in [5, 5.41) is 0. The zero-order chi connectivity index (χ0) is 22.0. The van der Waals surface area contributed by atoms with Crippen molar-refractivity contribution in [3.63, 3.8) is 0 Å². The molecular weight excluding hydrogens is 414 g/mol. The minimum atomic E-state index is -2.89. The van der Waals surface area contributed by atoms with Crippen LogP contribution >= 0.6 is 0 Å². The lowest BCUT2D eigenvalue weighted by atomic mass is 10.0. The molecular formula is C23H29N3O4S. The van der Waals surface area contributed by atoms with E-state index in [4.69, 9.17) is 4.74 Å². The van der Waals surface area contributed by atoms with E-state index in [1.54, 1.807) is 12.4 Å². The number of aryl methyl sites for hydroxylation is 2. The number of piperazine rings is 1. The van der Waals surface area contributed by atoms with Crippen LogP contribution in [0.4, 0.5) is 0 Å². The molecule has 2 aliphatic heterocycles. The van der Waals surface area contributed by atoms with Crippen LogP contribution in [0.15, 0.2) is 36.7 Å². The number of carbonyl (C=O) groups is 1. The second kappa shape index (κ2) is 8.96. The summed E-state index contributed by atoms with van der Waals surface area (Å²) in [7, 11) is -2.89. The van der Waals surface area contributed by atoms with E-state index in [1.807, 2.05) is 43.0 Å². The number of hydrogen-bond donors (Lipinski definition) is 0. The highest BCUT2D eigenvalue weighted by Gasteiger charge is 2.34. The van der Waals surface area contributed by atoms with Crippen LogP contribution in [0, 0.1) is 13.8 Å². The zero-order valence-electron chi connectivity index (χ0n) is 18.1. The molecule has 0 aliphatic carbocycles. The second-order valence-corrected chi connectivity index (χ2v) is 10.7. The summed E-state index contributed by atoms with van der Waals surface area (Å²) in [5.74, 6) is 1.35. The number of ether oxygens (including phenoxy) is 1. The molecule has 2 fully saturated rings. The molecule has 31 heavy (non-hydrogen) atoms. The van der Waals surface area contributed by atoms with E-state index < -0.39 is 9.84 Å². The third-order valence-corrected chi connectivity index (χ3v) is 7.89. The molecule has 0 saturated carbocycles. The van der Waals surface area contributed by atoms with Crippen LogP contribution in [0.1, 0.15) is 33.5 Å². The standard InChI is InChI=1S/C23H29N3O4S/c1-17-12-20(13-18(2)22(17)30-15-19-4-3-6-24-14-19)23(27)26-9-7-25(8-10-26)21-5-11-31(28,29)16-21/h3-4,6,12-14,21H,5,7-11,15-16H2,1-2H3. The molecule has 1 amide bonds. The number of hydrogen-bond acceptors (Lipinski definition) is 6. The second-order valence-electron chi connectivity index (χ2n) is 8.47. The van der Waals surface area contributed by atoms with Gasteiger partial charge in [0.15, 0.2) is 9.84 Å². The number of carbonyl (C=O) groups excluding carboxylic acids is 1. The monoisotopic (exact) mass is 443 g/mol. The van der Waals surface area contributed by atoms with Crippen LogP contribution in [0.25, 0.3) is 0 Å². The number of nitrogens with zero attached hydrogens (tertiary/aromatic N) is 3. The Morgan fingerprint density at radius 3 is 2.45 bits per heavy atom. The first-order valence-corrected chi connectivity index (χ1v) is 12.5. The van der Waals surface area contributed by atoms with Crippen molar-refractivity contribution in [3.05, 3.63) is 58.9 Å². The topological polar surface area (TPSA) is 79.8 Å². The Morgan fingerprint density at radius 1 is 1.16 bits per heavy atom. The normalized spacial score (nSPS) is 21.2. The SMILES string of the molecule is Cc1cc(C(=O)N2CCN(C3CCS(=O)(=O)C3)CC2)cc(C)c1OCc1cccnc1. The van der Waals surface area contributed by atoms with Crippen LogP contribution in [-0.2, 0) is 16.4 Å². The summed E-state index contributed by atoms with van der Waals surface area (Å²) < 4.78 is 29.5. The van der Waals surface area contributed by atoms with Crippen molar-refractivity contribution in [1.29, 1.82) is 0 Å². The Hall–Kier alpha value is -2.45. The third-order valence-electron chi connectivity index (χ3n) is 6.14. The van der Waals surface area contributed by atoms with Gasteiger partial charge in [-0.15, -0.1) is 0 Å². The zero-order valence-corrected chi connectivity index (χ0v) is 18.9. The molecule has 2 aromatic rings. The molecule has 1 unspecified atom stereocenters. The van der Waals surface area contributed by atoms with Crippen molar-refractivity contribution in [1.82, 2.24) is 14.8 Å². The molecule has 1 aromatic carbocycles. The number of rotatable bonds is 5. The van der Waals surface area contributed by atoms with Crippen molar-refractivity contribution in [2.45, 2.75) is 32.9 Å². The Bertz CT molecular complexity index is 1020. The molecule has 2 aliphatic rings. The van der Waals surface area contributed by atoms with E-state index in [9.17, 15) is 13.2 Å². The number of benzene rings is 1. The van der Waals surface area contributed by atoms with E-state index in [0.717, 1.165) is 35.5 Å². The molecule has 1 aromatic heterocycles. The number of sulfone groups is 1. The van der Waals surface area contributed by atoms with Crippen LogP contribution < -0.4 is 4.74 Å². The van der Waals surface area contributed by atoms with Gasteiger partial charge in [-0.25, -0.2) is 8.42 Å². The summed E-state index contributed by atoms with van der Waals surface area (Å²) in [4.78, 5) is 21.3. The van der Waals surface area contributed by atoms with Crippen molar-refractivity contribution < 1.29 is 17.9 Å². The van der Waals surface area contributed by atoms with Gasteiger partial charge >= 0.3 is 0 Å². The van der Waals surface area contributed by atoms with Gasteiger partial charge in [-0.1, -0.05) is 6.07 Å². The van der Waals surface area contributed by atoms with Crippen LogP contribution in [0.3, 0.4) is 0 Å². The molecule has 3 heterocycles. The molecule has 0 radical (unpaired) electrons. The Morgan fingerprint density at radius 2 is 1.87 bits per heavy atom. The fourth-order valence-corrected chi connectivity index (χ4v) is 6.24. The smallest absolute Gasteiger partial charge is 0.253 e. The maximum atomic E-state index is 13.1. The Balaban J connectivity index is 1.38. The molecule has 0 bridgehead atoms. The highest BCUT2D eigenvalue weighted by atomic mass is 32.2. The first kappa shape index (κ1) is 21.8. The molecule has 166 valence electrons. The van der Waals surface area contributed by atoms with Gasteiger partial charge in [-0.3, -0.25) is 14.7 Å². The van der Waals surface area contributed by atoms with Gasteiger partial charge in [0.25, 0.3) is 5.91 Å². The number of pyridine rings is 1. The van der Waals surface area contributed by atoms with Gasteiger partial charge in [0, 0.05) is 55.7 Å². The summed E-state index contributed by atoms with van der Waals surface area (Å²) >= 11 is 0. The van der Waals surface area contributed by atoms with Crippen LogP contribution in [0.5, 0.6) is 5.75 Å². The number of aromatic nitrogens is 1. The van der Waals surface area contributed by atoms with E-state index in [2.05, 4.69) is 9.88 Å². The molecule has 1 atom stereocenters. The predicted octanol–water partition coefficient (Wildman–Crippen LogP) is 2.22. The Labute approximate surface area is 183 Å². The van der Waals surface area contributed by atoms with Crippen molar-refractivity contribution in [2.24, 2.45) is 0 Å². The summed E-state index contributed by atoms with van der Waals surface area (Å²) in [6, 6.07) is 7.73. The summed E-state index contributed by atoms with van der Waals surface area (Å²) in [6.07, 6.45) is 4.22. The fraction of sp³-hybridized carbons (Fsp3) is 0.478. The van der Waals surface area contributed by atoms with Crippen molar-refractivity contribution in [3.8, 4) is 5.75 Å². The third kappa shape index (κ3) is 5.07. The average Bonchev–Trinajstić information content (AvgIpc) is 3.13. The van der Waals surface area contributed by atoms with Gasteiger partial charge in [-0.05, 0) is 49.6 Å². The van der Waals surface area contributed by atoms with Gasteiger partial charge in [-0.2, -0.15) is 0 Å². The molecule has 8 heteroatoms. The van der Waals surface area contributed by atoms with Crippen molar-refractivity contribution >= 4 is 15.7 Å². The minimum absolute atomic E-state index is 0.0173. The maximum absolute atomic E-state index is 13.1. The average molecular weight is 444 g/mol. The van der Waals surface area contributed by atoms with Gasteiger partial charge < -0.3 is 9.64 Å². The molecule has 0 N–H and O–H groups in total. The lowest BCUT2D eigenvalue weighted by molar-refractivity contribution is 0.0587. The highest BCUT2D eigenvalue weighted by molar-refractivity contribution is 7.91. The van der Waals surface area contributed by atoms with Gasteiger partial charge in [0.05, 0.1) is 11.5 Å². The molecule has 0 spiro atoms.